The number of benzene rings is 1. The number of nitrogens with zero attached hydrogens (tertiary/aromatic N) is 2. The molecule has 1 aromatic rings. The summed E-state index contributed by atoms with van der Waals surface area (Å²) in [4.78, 5) is 24.7. The minimum absolute atomic E-state index is 0.0650. The topological polar surface area (TPSA) is 63.5 Å². The lowest BCUT2D eigenvalue weighted by molar-refractivity contribution is -0.384. The Labute approximate surface area is 124 Å². The number of hydrogen-bond donors (Lipinski definition) is 0. The van der Waals surface area contributed by atoms with Gasteiger partial charge in [0, 0.05) is 24.2 Å². The summed E-state index contributed by atoms with van der Waals surface area (Å²) in [5, 5.41) is 11.4. The van der Waals surface area contributed by atoms with Crippen LogP contribution in [0.5, 0.6) is 0 Å². The summed E-state index contributed by atoms with van der Waals surface area (Å²) in [6, 6.07) is 5.33. The number of rotatable bonds is 3. The second kappa shape index (κ2) is 5.47. The van der Waals surface area contributed by atoms with Gasteiger partial charge in [0.1, 0.15) is 5.69 Å². The summed E-state index contributed by atoms with van der Waals surface area (Å²) < 4.78 is 0. The summed E-state index contributed by atoms with van der Waals surface area (Å²) >= 11 is 0. The van der Waals surface area contributed by atoms with Crippen molar-refractivity contribution >= 4 is 17.2 Å². The summed E-state index contributed by atoms with van der Waals surface area (Å²) in [5.41, 5.74) is 1.15. The zero-order valence-corrected chi connectivity index (χ0v) is 12.2. The molecule has 112 valence electrons. The Kier molecular flexibility index (Phi) is 3.66. The van der Waals surface area contributed by atoms with Crippen LogP contribution < -0.4 is 4.90 Å². The number of ketones is 1. The van der Waals surface area contributed by atoms with E-state index in [1.54, 1.807) is 12.1 Å². The van der Waals surface area contributed by atoms with E-state index in [4.69, 9.17) is 0 Å². The molecule has 21 heavy (non-hydrogen) atoms. The van der Waals surface area contributed by atoms with Crippen molar-refractivity contribution in [1.29, 1.82) is 0 Å². The Morgan fingerprint density at radius 2 is 2.05 bits per heavy atom. The van der Waals surface area contributed by atoms with Crippen LogP contribution in [-0.4, -0.2) is 23.3 Å². The number of hydrogen-bond acceptors (Lipinski definition) is 4. The zero-order chi connectivity index (χ0) is 15.0. The molecule has 0 spiro atoms. The highest BCUT2D eigenvalue weighted by Crippen LogP contribution is 2.42. The molecule has 5 nitrogen and oxygen atoms in total. The minimum Gasteiger partial charge on any atom is -0.363 e. The Bertz CT molecular complexity index is 585. The fourth-order valence-electron chi connectivity index (χ4n) is 3.88. The number of nitro groups is 1. The van der Waals surface area contributed by atoms with Gasteiger partial charge in [-0.15, -0.1) is 0 Å². The van der Waals surface area contributed by atoms with Crippen molar-refractivity contribution in [3.63, 3.8) is 0 Å². The van der Waals surface area contributed by atoms with Gasteiger partial charge in [-0.1, -0.05) is 6.42 Å². The first-order chi connectivity index (χ1) is 10.1. The van der Waals surface area contributed by atoms with Crippen LogP contribution in [0.15, 0.2) is 18.2 Å². The van der Waals surface area contributed by atoms with Gasteiger partial charge in [-0.25, -0.2) is 0 Å². The average molecular weight is 288 g/mol. The molecule has 1 saturated carbocycles. The molecule has 0 N–H and O–H groups in total. The van der Waals surface area contributed by atoms with Crippen LogP contribution in [0.2, 0.25) is 0 Å². The van der Waals surface area contributed by atoms with Crippen LogP contribution in [-0.2, 0) is 0 Å². The van der Waals surface area contributed by atoms with Crippen LogP contribution in [0.1, 0.15) is 49.4 Å². The monoisotopic (exact) mass is 288 g/mol. The molecule has 0 amide bonds. The maximum absolute atomic E-state index is 11.5. The van der Waals surface area contributed by atoms with Gasteiger partial charge in [0.15, 0.2) is 5.78 Å². The van der Waals surface area contributed by atoms with E-state index < -0.39 is 0 Å². The lowest BCUT2D eigenvalue weighted by Crippen LogP contribution is -2.42. The summed E-state index contributed by atoms with van der Waals surface area (Å²) in [6.45, 7) is 2.31. The number of anilines is 1. The maximum atomic E-state index is 11.5. The first-order valence-corrected chi connectivity index (χ1v) is 7.64. The Balaban J connectivity index is 2.00. The SMILES string of the molecule is CC(=O)c1ccc(N2CCCC3CCCC32)c([N+](=O)[O-])c1. The highest BCUT2D eigenvalue weighted by molar-refractivity contribution is 5.95. The van der Waals surface area contributed by atoms with Crippen molar-refractivity contribution in [2.24, 2.45) is 5.92 Å². The average Bonchev–Trinajstić information content (AvgIpc) is 2.94. The highest BCUT2D eigenvalue weighted by atomic mass is 16.6. The van der Waals surface area contributed by atoms with Crippen LogP contribution >= 0.6 is 0 Å². The van der Waals surface area contributed by atoms with Crippen LogP contribution in [0.4, 0.5) is 11.4 Å². The molecular formula is C16H20N2O3. The number of piperidine rings is 1. The molecule has 0 radical (unpaired) electrons. The third kappa shape index (κ3) is 2.52. The predicted octanol–water partition coefficient (Wildman–Crippen LogP) is 3.57. The van der Waals surface area contributed by atoms with Crippen LogP contribution in [0, 0.1) is 16.0 Å². The van der Waals surface area contributed by atoms with Crippen molar-refractivity contribution in [3.8, 4) is 0 Å². The van der Waals surface area contributed by atoms with Gasteiger partial charge in [0.05, 0.1) is 4.92 Å². The van der Waals surface area contributed by atoms with Crippen molar-refractivity contribution in [2.45, 2.75) is 45.1 Å². The Morgan fingerprint density at radius 3 is 2.76 bits per heavy atom. The molecule has 0 bridgehead atoms. The van der Waals surface area contributed by atoms with Crippen LogP contribution in [0.3, 0.4) is 0 Å². The van der Waals surface area contributed by atoms with Gasteiger partial charge in [-0.3, -0.25) is 14.9 Å². The molecule has 3 rings (SSSR count). The standard InChI is InChI=1S/C16H20N2O3/c1-11(19)13-7-8-15(16(10-13)18(20)21)17-9-3-5-12-4-2-6-14(12)17/h7-8,10,12,14H,2-6,9H2,1H3. The van der Waals surface area contributed by atoms with Gasteiger partial charge in [-0.05, 0) is 50.7 Å². The van der Waals surface area contributed by atoms with Crippen molar-refractivity contribution in [3.05, 3.63) is 33.9 Å². The van der Waals surface area contributed by atoms with E-state index >= 15 is 0 Å². The fraction of sp³-hybridized carbons (Fsp3) is 0.562. The summed E-state index contributed by atoms with van der Waals surface area (Å²) in [7, 11) is 0. The summed E-state index contributed by atoms with van der Waals surface area (Å²) in [6.07, 6.45) is 5.90. The molecule has 1 aliphatic heterocycles. The first kappa shape index (κ1) is 14.0. The maximum Gasteiger partial charge on any atom is 0.293 e. The molecule has 1 aliphatic carbocycles. The molecule has 2 atom stereocenters. The minimum atomic E-state index is -0.361. The van der Waals surface area contributed by atoms with Gasteiger partial charge in [0.2, 0.25) is 0 Å². The smallest absolute Gasteiger partial charge is 0.293 e. The van der Waals surface area contributed by atoms with E-state index in [9.17, 15) is 14.9 Å². The van der Waals surface area contributed by atoms with Crippen LogP contribution in [0.25, 0.3) is 0 Å². The first-order valence-electron chi connectivity index (χ1n) is 7.64. The van der Waals surface area contributed by atoms with E-state index in [1.165, 1.54) is 32.3 Å². The van der Waals surface area contributed by atoms with Gasteiger partial charge in [-0.2, -0.15) is 0 Å². The highest BCUT2D eigenvalue weighted by Gasteiger charge is 2.37. The molecule has 2 fully saturated rings. The van der Waals surface area contributed by atoms with E-state index in [2.05, 4.69) is 4.90 Å². The van der Waals surface area contributed by atoms with E-state index in [0.717, 1.165) is 19.4 Å². The number of fused-ring (bicyclic) bond motifs is 1. The molecule has 5 heteroatoms. The van der Waals surface area contributed by atoms with E-state index in [1.807, 2.05) is 0 Å². The quantitative estimate of drug-likeness (QED) is 0.484. The fourth-order valence-corrected chi connectivity index (χ4v) is 3.88. The molecule has 2 aliphatic rings. The molecule has 0 aromatic heterocycles. The predicted molar refractivity (Wildman–Crippen MR) is 80.8 cm³/mol. The number of nitro benzene ring substituents is 1. The number of carbonyl (C=O) groups excluding carboxylic acids is 1. The largest absolute Gasteiger partial charge is 0.363 e. The Morgan fingerprint density at radius 1 is 1.29 bits per heavy atom. The Hall–Kier alpha value is -1.91. The molecule has 1 saturated heterocycles. The number of Topliss-reactive ketones (excluding diaryl/α,β-unsaturated/α-hetero) is 1. The van der Waals surface area contributed by atoms with Gasteiger partial charge >= 0.3 is 0 Å². The van der Waals surface area contributed by atoms with Gasteiger partial charge in [0.25, 0.3) is 5.69 Å². The van der Waals surface area contributed by atoms with Crippen molar-refractivity contribution in [1.82, 2.24) is 0 Å². The third-order valence-corrected chi connectivity index (χ3v) is 4.88. The van der Waals surface area contributed by atoms with E-state index in [0.29, 0.717) is 23.2 Å². The number of carbonyl (C=O) groups is 1. The molecular weight excluding hydrogens is 268 g/mol. The lowest BCUT2D eigenvalue weighted by atomic mass is 9.91. The molecule has 1 aromatic carbocycles. The zero-order valence-electron chi connectivity index (χ0n) is 12.2. The van der Waals surface area contributed by atoms with Crippen molar-refractivity contribution in [2.75, 3.05) is 11.4 Å². The lowest BCUT2D eigenvalue weighted by Gasteiger charge is -2.39. The second-order valence-electron chi connectivity index (χ2n) is 6.11. The normalized spacial score (nSPS) is 24.7. The van der Waals surface area contributed by atoms with Crippen molar-refractivity contribution < 1.29 is 9.72 Å². The molecule has 2 unspecified atom stereocenters. The third-order valence-electron chi connectivity index (χ3n) is 4.88. The second-order valence-corrected chi connectivity index (χ2v) is 6.11. The summed E-state index contributed by atoms with van der Waals surface area (Å²) in [5.74, 6) is 0.535. The molecule has 1 heterocycles. The van der Waals surface area contributed by atoms with Gasteiger partial charge < -0.3 is 4.90 Å². The van der Waals surface area contributed by atoms with E-state index in [-0.39, 0.29) is 16.4 Å².